The van der Waals surface area contributed by atoms with Gasteiger partial charge in [-0.25, -0.2) is 0 Å². The summed E-state index contributed by atoms with van der Waals surface area (Å²) < 4.78 is 5.42. The first-order valence-corrected chi connectivity index (χ1v) is 25.1. The van der Waals surface area contributed by atoms with Gasteiger partial charge in [0.2, 0.25) is 5.91 Å². The van der Waals surface area contributed by atoms with Crippen LogP contribution in [0.25, 0.3) is 0 Å². The van der Waals surface area contributed by atoms with Crippen LogP contribution >= 0.6 is 0 Å². The Morgan fingerprint density at radius 2 is 0.842 bits per heavy atom. The highest BCUT2D eigenvalue weighted by atomic mass is 16.5. The van der Waals surface area contributed by atoms with Crippen LogP contribution in [0.5, 0.6) is 0 Å². The van der Waals surface area contributed by atoms with Crippen LogP contribution in [-0.4, -0.2) is 47.4 Å². The largest absolute Gasteiger partial charge is 0.466 e. The summed E-state index contributed by atoms with van der Waals surface area (Å²) >= 11 is 0. The third kappa shape index (κ3) is 43.7. The Balaban J connectivity index is 3.59. The number of ether oxygens (including phenoxy) is 1. The zero-order chi connectivity index (χ0) is 41.5. The van der Waals surface area contributed by atoms with Crippen LogP contribution in [0.15, 0.2) is 24.3 Å². The molecule has 6 nitrogen and oxygen atoms in total. The Bertz CT molecular complexity index is 889. The van der Waals surface area contributed by atoms with Crippen LogP contribution in [0.2, 0.25) is 0 Å². The Kier molecular flexibility index (Phi) is 45.7. The van der Waals surface area contributed by atoms with E-state index in [1.165, 1.54) is 167 Å². The van der Waals surface area contributed by atoms with Crippen molar-refractivity contribution >= 4 is 11.9 Å². The molecule has 1 amide bonds. The predicted molar refractivity (Wildman–Crippen MR) is 246 cm³/mol. The normalized spacial score (nSPS) is 12.8. The quantitative estimate of drug-likeness (QED) is 0.0324. The van der Waals surface area contributed by atoms with E-state index in [-0.39, 0.29) is 18.5 Å². The summed E-state index contributed by atoms with van der Waals surface area (Å²) in [5, 5.41) is 23.0. The molecule has 0 radical (unpaired) electrons. The van der Waals surface area contributed by atoms with E-state index in [9.17, 15) is 19.8 Å². The summed E-state index contributed by atoms with van der Waals surface area (Å²) in [6, 6.07) is -0.664. The maximum Gasteiger partial charge on any atom is 0.305 e. The highest BCUT2D eigenvalue weighted by Gasteiger charge is 2.17. The first-order valence-electron chi connectivity index (χ1n) is 25.1. The van der Waals surface area contributed by atoms with E-state index in [1.54, 1.807) is 6.08 Å². The van der Waals surface area contributed by atoms with Gasteiger partial charge in [-0.2, -0.15) is 0 Å². The van der Waals surface area contributed by atoms with Gasteiger partial charge < -0.3 is 20.3 Å². The molecule has 6 heteroatoms. The highest BCUT2D eigenvalue weighted by Crippen LogP contribution is 2.16. The molecule has 0 aromatic rings. The zero-order valence-corrected chi connectivity index (χ0v) is 38.1. The summed E-state index contributed by atoms with van der Waals surface area (Å²) in [4.78, 5) is 24.4. The van der Waals surface area contributed by atoms with Gasteiger partial charge >= 0.3 is 5.97 Å². The van der Waals surface area contributed by atoms with Crippen LogP contribution in [0.4, 0.5) is 0 Å². The summed E-state index contributed by atoms with van der Waals surface area (Å²) in [6.45, 7) is 4.81. The molecular weight excluding hydrogens is 707 g/mol. The van der Waals surface area contributed by atoms with E-state index >= 15 is 0 Å². The Hall–Kier alpha value is -1.66. The topological polar surface area (TPSA) is 95.9 Å². The zero-order valence-electron chi connectivity index (χ0n) is 38.1. The lowest BCUT2D eigenvalue weighted by atomic mass is 10.0. The minimum Gasteiger partial charge on any atom is -0.466 e. The number of unbranched alkanes of at least 4 members (excludes halogenated alkanes) is 33. The molecule has 0 aliphatic rings. The van der Waals surface area contributed by atoms with Crippen LogP contribution in [-0.2, 0) is 14.3 Å². The van der Waals surface area contributed by atoms with E-state index < -0.39 is 12.1 Å². The molecule has 0 aromatic heterocycles. The van der Waals surface area contributed by atoms with E-state index in [0.29, 0.717) is 19.4 Å². The van der Waals surface area contributed by atoms with Crippen molar-refractivity contribution in [3.8, 4) is 0 Å². The number of carbonyl (C=O) groups is 2. The first kappa shape index (κ1) is 55.3. The predicted octanol–water partition coefficient (Wildman–Crippen LogP) is 14.7. The van der Waals surface area contributed by atoms with Crippen molar-refractivity contribution in [2.45, 2.75) is 276 Å². The van der Waals surface area contributed by atoms with Gasteiger partial charge in [0, 0.05) is 12.8 Å². The SMILES string of the molecule is CCCCCCCCCCCCCCCCCCC/C=C/C(O)C(CO)NC(=O)CCC/C=C\CCCCCCOC(=O)CCCCCCCCCCCCCC. The number of aliphatic hydroxyl groups excluding tert-OH is 2. The van der Waals surface area contributed by atoms with Gasteiger partial charge in [-0.05, 0) is 51.4 Å². The van der Waals surface area contributed by atoms with Crippen molar-refractivity contribution in [1.82, 2.24) is 5.32 Å². The molecular formula is C51H97NO5. The molecule has 336 valence electrons. The van der Waals surface area contributed by atoms with Crippen molar-refractivity contribution in [3.63, 3.8) is 0 Å². The molecule has 0 bridgehead atoms. The van der Waals surface area contributed by atoms with Crippen molar-refractivity contribution in [2.75, 3.05) is 13.2 Å². The number of allylic oxidation sites excluding steroid dienone is 3. The van der Waals surface area contributed by atoms with Gasteiger partial charge in [0.1, 0.15) is 0 Å². The summed E-state index contributed by atoms with van der Waals surface area (Å²) in [5.74, 6) is -0.164. The second-order valence-corrected chi connectivity index (χ2v) is 17.1. The molecule has 57 heavy (non-hydrogen) atoms. The Morgan fingerprint density at radius 1 is 0.474 bits per heavy atom. The van der Waals surface area contributed by atoms with Gasteiger partial charge in [-0.1, -0.05) is 224 Å². The fraction of sp³-hybridized carbons (Fsp3) is 0.882. The number of amides is 1. The third-order valence-corrected chi connectivity index (χ3v) is 11.5. The summed E-state index contributed by atoms with van der Waals surface area (Å²) in [5.41, 5.74) is 0. The fourth-order valence-corrected chi connectivity index (χ4v) is 7.58. The van der Waals surface area contributed by atoms with E-state index in [1.807, 2.05) is 6.08 Å². The van der Waals surface area contributed by atoms with Crippen molar-refractivity contribution < 1.29 is 24.5 Å². The van der Waals surface area contributed by atoms with Gasteiger partial charge in [-0.15, -0.1) is 0 Å². The lowest BCUT2D eigenvalue weighted by Crippen LogP contribution is -2.45. The smallest absolute Gasteiger partial charge is 0.305 e. The van der Waals surface area contributed by atoms with Crippen LogP contribution in [0.3, 0.4) is 0 Å². The maximum atomic E-state index is 12.4. The van der Waals surface area contributed by atoms with Crippen molar-refractivity contribution in [2.24, 2.45) is 0 Å². The third-order valence-electron chi connectivity index (χ3n) is 11.5. The summed E-state index contributed by atoms with van der Waals surface area (Å²) in [6.07, 6.45) is 54.7. The maximum absolute atomic E-state index is 12.4. The minimum atomic E-state index is -0.874. The average Bonchev–Trinajstić information content (AvgIpc) is 3.21. The lowest BCUT2D eigenvalue weighted by Gasteiger charge is -2.19. The number of esters is 1. The molecule has 0 spiro atoms. The van der Waals surface area contributed by atoms with Crippen molar-refractivity contribution in [1.29, 1.82) is 0 Å². The molecule has 2 unspecified atom stereocenters. The molecule has 0 saturated heterocycles. The summed E-state index contributed by atoms with van der Waals surface area (Å²) in [7, 11) is 0. The van der Waals surface area contributed by atoms with Crippen LogP contribution in [0, 0.1) is 0 Å². The second kappa shape index (κ2) is 47.0. The number of hydrogen-bond acceptors (Lipinski definition) is 5. The number of rotatable bonds is 46. The number of aliphatic hydroxyl groups is 2. The molecule has 0 rings (SSSR count). The molecule has 0 aliphatic heterocycles. The van der Waals surface area contributed by atoms with E-state index in [4.69, 9.17) is 4.74 Å². The first-order chi connectivity index (χ1) is 28.0. The Labute approximate surface area is 354 Å². The standard InChI is InChI=1S/C51H97NO5/c1-3-5-7-9-11-13-15-17-18-19-20-21-22-23-24-27-31-35-39-43-49(54)48(47-53)52-50(55)44-40-36-32-28-26-30-34-38-42-46-57-51(56)45-41-37-33-29-25-16-14-12-10-8-6-4-2/h28,32,39,43,48-49,53-54H,3-27,29-31,33-38,40-42,44-47H2,1-2H3,(H,52,55)/b32-28-,43-39+. The van der Waals surface area contributed by atoms with Crippen molar-refractivity contribution in [3.05, 3.63) is 24.3 Å². The molecule has 2 atom stereocenters. The molecule has 0 aliphatic carbocycles. The van der Waals surface area contributed by atoms with Gasteiger partial charge in [0.15, 0.2) is 0 Å². The minimum absolute atomic E-state index is 0.0374. The number of carbonyl (C=O) groups excluding carboxylic acids is 2. The van der Waals surface area contributed by atoms with Gasteiger partial charge in [0.05, 0.1) is 25.4 Å². The van der Waals surface area contributed by atoms with Crippen LogP contribution < -0.4 is 5.32 Å². The lowest BCUT2D eigenvalue weighted by molar-refractivity contribution is -0.143. The monoisotopic (exact) mass is 804 g/mol. The molecule has 3 N–H and O–H groups in total. The molecule has 0 aromatic carbocycles. The average molecular weight is 804 g/mol. The Morgan fingerprint density at radius 3 is 1.28 bits per heavy atom. The van der Waals surface area contributed by atoms with Gasteiger partial charge in [0.25, 0.3) is 0 Å². The molecule has 0 heterocycles. The number of hydrogen-bond donors (Lipinski definition) is 3. The van der Waals surface area contributed by atoms with E-state index in [0.717, 1.165) is 70.6 Å². The fourth-order valence-electron chi connectivity index (χ4n) is 7.58. The number of nitrogens with one attached hydrogen (secondary N) is 1. The second-order valence-electron chi connectivity index (χ2n) is 17.1. The molecule has 0 fully saturated rings. The van der Waals surface area contributed by atoms with E-state index in [2.05, 4.69) is 31.3 Å². The molecule has 0 saturated carbocycles. The highest BCUT2D eigenvalue weighted by molar-refractivity contribution is 5.76. The van der Waals surface area contributed by atoms with Crippen LogP contribution in [0.1, 0.15) is 264 Å². The van der Waals surface area contributed by atoms with Gasteiger partial charge in [-0.3, -0.25) is 9.59 Å².